The van der Waals surface area contributed by atoms with Crippen LogP contribution in [0.1, 0.15) is 25.0 Å². The fraction of sp³-hybridized carbons (Fsp3) is 0.200. The van der Waals surface area contributed by atoms with Crippen molar-refractivity contribution >= 4 is 23.4 Å². The van der Waals surface area contributed by atoms with Gasteiger partial charge in [-0.25, -0.2) is 0 Å². The van der Waals surface area contributed by atoms with Gasteiger partial charge in [-0.3, -0.25) is 4.79 Å². The highest BCUT2D eigenvalue weighted by Gasteiger charge is 2.28. The average Bonchev–Trinajstić information content (AvgIpc) is 3.21. The Kier molecular flexibility index (Phi) is 3.76. The van der Waals surface area contributed by atoms with Crippen molar-refractivity contribution < 1.29 is 14.3 Å². The van der Waals surface area contributed by atoms with Crippen molar-refractivity contribution in [1.29, 1.82) is 0 Å². The van der Waals surface area contributed by atoms with Crippen LogP contribution < -0.4 is 14.5 Å². The molecule has 4 rings (SSSR count). The maximum Gasteiger partial charge on any atom is 0.280 e. The molecule has 0 aromatic heterocycles. The minimum Gasteiger partial charge on any atom is -0.454 e. The average molecular weight is 334 g/mol. The largest absolute Gasteiger partial charge is 0.454 e. The van der Waals surface area contributed by atoms with E-state index >= 15 is 0 Å². The Labute approximate surface area is 146 Å². The first-order chi connectivity index (χ1) is 12.2. The Hall–Kier alpha value is -3.08. The second-order valence-electron chi connectivity index (χ2n) is 5.99. The zero-order valence-electron chi connectivity index (χ0n) is 14.2. The zero-order chi connectivity index (χ0) is 17.4. The highest BCUT2D eigenvalue weighted by Crippen LogP contribution is 2.34. The molecule has 0 saturated carbocycles. The Bertz CT molecular complexity index is 898. The summed E-state index contributed by atoms with van der Waals surface area (Å²) in [6.07, 6.45) is 2.80. The molecule has 2 aliphatic rings. The van der Waals surface area contributed by atoms with Gasteiger partial charge in [0.1, 0.15) is 0 Å². The molecule has 0 fully saturated rings. The molecule has 126 valence electrons. The van der Waals surface area contributed by atoms with Crippen molar-refractivity contribution in [3.8, 4) is 11.5 Å². The zero-order valence-corrected chi connectivity index (χ0v) is 14.2. The second kappa shape index (κ2) is 6.09. The van der Waals surface area contributed by atoms with Crippen LogP contribution in [0.15, 0.2) is 53.1 Å². The van der Waals surface area contributed by atoms with Crippen molar-refractivity contribution in [3.63, 3.8) is 0 Å². The molecule has 0 aliphatic carbocycles. The molecule has 0 unspecified atom stereocenters. The number of rotatable bonds is 3. The van der Waals surface area contributed by atoms with Gasteiger partial charge in [-0.1, -0.05) is 25.1 Å². The predicted octanol–water partition coefficient (Wildman–Crippen LogP) is 3.78. The number of benzene rings is 2. The molecule has 0 atom stereocenters. The standard InChI is InChI=1S/C20H18N2O3/c1-3-14-4-7-16(8-5-14)22-20(23)17(13(2)21-22)10-15-6-9-18-19(11-15)25-12-24-18/h4-11H,3,12H2,1-2H3. The van der Waals surface area contributed by atoms with E-state index < -0.39 is 0 Å². The number of carbonyl (C=O) groups is 1. The summed E-state index contributed by atoms with van der Waals surface area (Å²) in [6.45, 7) is 4.18. The molecule has 0 saturated heterocycles. The summed E-state index contributed by atoms with van der Waals surface area (Å²) < 4.78 is 10.7. The van der Waals surface area contributed by atoms with Crippen molar-refractivity contribution in [3.05, 3.63) is 59.2 Å². The molecule has 0 spiro atoms. The third-order valence-electron chi connectivity index (χ3n) is 4.36. The molecule has 2 aliphatic heterocycles. The van der Waals surface area contributed by atoms with Gasteiger partial charge in [0, 0.05) is 0 Å². The molecule has 2 aromatic rings. The van der Waals surface area contributed by atoms with Crippen LogP contribution in [0.2, 0.25) is 0 Å². The Morgan fingerprint density at radius 2 is 1.88 bits per heavy atom. The van der Waals surface area contributed by atoms with E-state index in [2.05, 4.69) is 12.0 Å². The fourth-order valence-electron chi connectivity index (χ4n) is 2.90. The second-order valence-corrected chi connectivity index (χ2v) is 5.99. The molecule has 1 amide bonds. The summed E-state index contributed by atoms with van der Waals surface area (Å²) in [5.74, 6) is 1.30. The molecular weight excluding hydrogens is 316 g/mol. The maximum atomic E-state index is 12.8. The van der Waals surface area contributed by atoms with Gasteiger partial charge in [-0.2, -0.15) is 10.1 Å². The molecule has 0 N–H and O–H groups in total. The smallest absolute Gasteiger partial charge is 0.280 e. The highest BCUT2D eigenvalue weighted by atomic mass is 16.7. The molecule has 0 bridgehead atoms. The number of nitrogens with zero attached hydrogens (tertiary/aromatic N) is 2. The van der Waals surface area contributed by atoms with Crippen LogP contribution in [0.25, 0.3) is 6.08 Å². The van der Waals surface area contributed by atoms with E-state index in [1.807, 2.05) is 55.5 Å². The first kappa shape index (κ1) is 15.4. The van der Waals surface area contributed by atoms with Crippen LogP contribution in [0.5, 0.6) is 11.5 Å². The van der Waals surface area contributed by atoms with Crippen LogP contribution in [0, 0.1) is 0 Å². The number of carbonyl (C=O) groups excluding carboxylic acids is 1. The van der Waals surface area contributed by atoms with E-state index in [1.165, 1.54) is 10.6 Å². The fourth-order valence-corrected chi connectivity index (χ4v) is 2.90. The van der Waals surface area contributed by atoms with Crippen LogP contribution in [-0.4, -0.2) is 18.4 Å². The van der Waals surface area contributed by atoms with Crippen LogP contribution in [0.3, 0.4) is 0 Å². The minimum absolute atomic E-state index is 0.126. The Morgan fingerprint density at radius 1 is 1.12 bits per heavy atom. The lowest BCUT2D eigenvalue weighted by molar-refractivity contribution is -0.114. The number of hydrogen-bond acceptors (Lipinski definition) is 4. The normalized spacial score (nSPS) is 17.4. The summed E-state index contributed by atoms with van der Waals surface area (Å²) in [6, 6.07) is 13.5. The number of ether oxygens (including phenoxy) is 2. The summed E-state index contributed by atoms with van der Waals surface area (Å²) in [5, 5.41) is 5.87. The minimum atomic E-state index is -0.126. The number of hydrogen-bond donors (Lipinski definition) is 0. The van der Waals surface area contributed by atoms with Gasteiger partial charge in [-0.15, -0.1) is 0 Å². The van der Waals surface area contributed by atoms with Crippen molar-refractivity contribution in [2.24, 2.45) is 5.10 Å². The first-order valence-corrected chi connectivity index (χ1v) is 8.26. The van der Waals surface area contributed by atoms with Gasteiger partial charge < -0.3 is 9.47 Å². The van der Waals surface area contributed by atoms with E-state index in [-0.39, 0.29) is 12.7 Å². The highest BCUT2D eigenvalue weighted by molar-refractivity contribution is 6.32. The van der Waals surface area contributed by atoms with E-state index in [9.17, 15) is 4.79 Å². The third kappa shape index (κ3) is 2.78. The number of fused-ring (bicyclic) bond motifs is 1. The molecule has 2 aromatic carbocycles. The van der Waals surface area contributed by atoms with Gasteiger partial charge in [0.2, 0.25) is 6.79 Å². The molecule has 2 heterocycles. The van der Waals surface area contributed by atoms with Gasteiger partial charge in [-0.05, 0) is 54.8 Å². The summed E-state index contributed by atoms with van der Waals surface area (Å²) in [7, 11) is 0. The lowest BCUT2D eigenvalue weighted by Crippen LogP contribution is -2.21. The number of anilines is 1. The van der Waals surface area contributed by atoms with E-state index in [0.29, 0.717) is 17.0 Å². The number of aryl methyl sites for hydroxylation is 1. The topological polar surface area (TPSA) is 51.1 Å². The van der Waals surface area contributed by atoms with Gasteiger partial charge in [0.15, 0.2) is 11.5 Å². The Balaban J connectivity index is 1.63. The maximum absolute atomic E-state index is 12.8. The van der Waals surface area contributed by atoms with Crippen LogP contribution in [-0.2, 0) is 11.2 Å². The van der Waals surface area contributed by atoms with Crippen LogP contribution in [0.4, 0.5) is 5.69 Å². The van der Waals surface area contributed by atoms with Crippen molar-refractivity contribution in [1.82, 2.24) is 0 Å². The number of amides is 1. The third-order valence-corrected chi connectivity index (χ3v) is 4.36. The van der Waals surface area contributed by atoms with E-state index in [4.69, 9.17) is 9.47 Å². The number of hydrazone groups is 1. The van der Waals surface area contributed by atoms with Crippen LogP contribution >= 0.6 is 0 Å². The lowest BCUT2D eigenvalue weighted by atomic mass is 10.1. The summed E-state index contributed by atoms with van der Waals surface area (Å²) in [5.41, 5.74) is 4.16. The van der Waals surface area contributed by atoms with Crippen molar-refractivity contribution in [2.75, 3.05) is 11.8 Å². The molecule has 5 nitrogen and oxygen atoms in total. The van der Waals surface area contributed by atoms with Gasteiger partial charge in [0.05, 0.1) is 17.0 Å². The first-order valence-electron chi connectivity index (χ1n) is 8.26. The monoisotopic (exact) mass is 334 g/mol. The Morgan fingerprint density at radius 3 is 2.64 bits per heavy atom. The predicted molar refractivity (Wildman–Crippen MR) is 97.0 cm³/mol. The summed E-state index contributed by atoms with van der Waals surface area (Å²) >= 11 is 0. The lowest BCUT2D eigenvalue weighted by Gasteiger charge is -2.12. The van der Waals surface area contributed by atoms with E-state index in [1.54, 1.807) is 0 Å². The molecule has 0 radical (unpaired) electrons. The van der Waals surface area contributed by atoms with Gasteiger partial charge >= 0.3 is 0 Å². The molecule has 25 heavy (non-hydrogen) atoms. The van der Waals surface area contributed by atoms with E-state index in [0.717, 1.165) is 23.4 Å². The van der Waals surface area contributed by atoms with Gasteiger partial charge in [0.25, 0.3) is 5.91 Å². The summed E-state index contributed by atoms with van der Waals surface area (Å²) in [4.78, 5) is 12.8. The quantitative estimate of drug-likeness (QED) is 0.803. The molecule has 5 heteroatoms. The van der Waals surface area contributed by atoms with Crippen molar-refractivity contribution in [2.45, 2.75) is 20.3 Å². The SMILES string of the molecule is CCc1ccc(N2N=C(C)C(=Cc3ccc4c(c3)OCO4)C2=O)cc1. The molecular formula is C20H18N2O3.